The number of nitro groups is 1. The van der Waals surface area contributed by atoms with Gasteiger partial charge in [-0.15, -0.1) is 0 Å². The molecule has 0 saturated carbocycles. The topological polar surface area (TPSA) is 69.4 Å². The fourth-order valence-corrected chi connectivity index (χ4v) is 0.536. The minimum absolute atomic E-state index is 0.0913. The summed E-state index contributed by atoms with van der Waals surface area (Å²) in [4.78, 5) is 20.3. The molecule has 1 unspecified atom stereocenters. The molecule has 0 aliphatic heterocycles. The quantitative estimate of drug-likeness (QED) is 0.279. The van der Waals surface area contributed by atoms with E-state index in [4.69, 9.17) is 0 Å². The van der Waals surface area contributed by atoms with Crippen molar-refractivity contribution in [2.24, 2.45) is 0 Å². The average Bonchev–Trinajstić information content (AvgIpc) is 2.04. The molecule has 0 rings (SSSR count). The molecule has 0 aromatic rings. The van der Waals surface area contributed by atoms with Crippen molar-refractivity contribution in [1.82, 2.24) is 0 Å². The van der Waals surface area contributed by atoms with Gasteiger partial charge in [0.25, 0.3) is 6.04 Å². The van der Waals surface area contributed by atoms with Gasteiger partial charge in [-0.1, -0.05) is 5.92 Å². The molecule has 0 aliphatic rings. The average molecular weight is 185 g/mol. The molecule has 0 amide bonds. The number of hydrogen-bond acceptors (Lipinski definition) is 4. The lowest BCUT2D eigenvalue weighted by atomic mass is 10.3. The van der Waals surface area contributed by atoms with Crippen LogP contribution in [-0.4, -0.2) is 23.5 Å². The van der Waals surface area contributed by atoms with Gasteiger partial charge in [-0.25, -0.2) is 0 Å². The van der Waals surface area contributed by atoms with E-state index >= 15 is 0 Å². The molecule has 5 nitrogen and oxygen atoms in total. The summed E-state index contributed by atoms with van der Waals surface area (Å²) >= 11 is 0. The Morgan fingerprint density at radius 1 is 1.69 bits per heavy atom. The Hall–Kier alpha value is -1.57. The van der Waals surface area contributed by atoms with Crippen LogP contribution in [0.1, 0.15) is 20.3 Å². The van der Waals surface area contributed by atoms with Gasteiger partial charge in [0.15, 0.2) is 0 Å². The molecule has 0 saturated heterocycles. The van der Waals surface area contributed by atoms with Crippen LogP contribution in [0.3, 0.4) is 0 Å². The molecule has 0 heterocycles. The Morgan fingerprint density at radius 2 is 2.31 bits per heavy atom. The van der Waals surface area contributed by atoms with Gasteiger partial charge in [-0.2, -0.15) is 0 Å². The summed E-state index contributed by atoms with van der Waals surface area (Å²) in [6.07, 6.45) is -0.0913. The van der Waals surface area contributed by atoms with Gasteiger partial charge < -0.3 is 4.74 Å². The summed E-state index contributed by atoms with van der Waals surface area (Å²) in [5, 5.41) is 10.1. The van der Waals surface area contributed by atoms with E-state index in [9.17, 15) is 14.9 Å². The maximum absolute atomic E-state index is 10.7. The van der Waals surface area contributed by atoms with Gasteiger partial charge in [-0.05, 0) is 12.8 Å². The fraction of sp³-hybridized carbons (Fsp3) is 0.625. The predicted molar refractivity (Wildman–Crippen MR) is 45.5 cm³/mol. The van der Waals surface area contributed by atoms with Crippen LogP contribution in [0.25, 0.3) is 0 Å². The normalized spacial score (nSPS) is 10.9. The summed E-state index contributed by atoms with van der Waals surface area (Å²) < 4.78 is 4.57. The third-order valence-electron chi connectivity index (χ3n) is 1.17. The molecule has 0 N–H and O–H groups in total. The van der Waals surface area contributed by atoms with Gasteiger partial charge >= 0.3 is 5.97 Å². The van der Waals surface area contributed by atoms with Crippen molar-refractivity contribution in [3.63, 3.8) is 0 Å². The van der Waals surface area contributed by atoms with Crippen molar-refractivity contribution in [3.05, 3.63) is 10.1 Å². The monoisotopic (exact) mass is 185 g/mol. The number of carbonyl (C=O) groups excluding carboxylic acids is 1. The molecule has 0 aromatic heterocycles. The summed E-state index contributed by atoms with van der Waals surface area (Å²) in [7, 11) is 0. The van der Waals surface area contributed by atoms with Crippen molar-refractivity contribution in [3.8, 4) is 11.8 Å². The first-order valence-electron chi connectivity index (χ1n) is 3.85. The minimum Gasteiger partial charge on any atom is -0.465 e. The Kier molecular flexibility index (Phi) is 5.28. The molecule has 0 aromatic carbocycles. The second-order valence-electron chi connectivity index (χ2n) is 2.26. The standard InChI is InChI=1S/C8H11NO4/c1-3-13-8(10)6-4-5-7(2)9(11)12/h7H,3,6H2,1-2H3. The molecule has 13 heavy (non-hydrogen) atoms. The second kappa shape index (κ2) is 6.00. The van der Waals surface area contributed by atoms with Crippen LogP contribution in [0.5, 0.6) is 0 Å². The molecule has 1 atom stereocenters. The van der Waals surface area contributed by atoms with Crippen LogP contribution in [0, 0.1) is 22.0 Å². The molecule has 0 spiro atoms. The molecular formula is C8H11NO4. The zero-order chi connectivity index (χ0) is 10.3. The molecule has 72 valence electrons. The van der Waals surface area contributed by atoms with E-state index < -0.39 is 16.9 Å². The summed E-state index contributed by atoms with van der Waals surface area (Å²) in [6.45, 7) is 3.34. The Bertz CT molecular complexity index is 251. The first-order chi connectivity index (χ1) is 6.07. The van der Waals surface area contributed by atoms with Crippen LogP contribution in [0.4, 0.5) is 0 Å². The second-order valence-corrected chi connectivity index (χ2v) is 2.26. The van der Waals surface area contributed by atoms with Gasteiger partial charge in [0.05, 0.1) is 6.61 Å². The number of nitrogens with zero attached hydrogens (tertiary/aromatic N) is 1. The number of rotatable bonds is 3. The molecule has 0 bridgehead atoms. The SMILES string of the molecule is CCOC(=O)CC#CC(C)[N+](=O)[O-]. The van der Waals surface area contributed by atoms with Crippen LogP contribution in [0.2, 0.25) is 0 Å². The zero-order valence-corrected chi connectivity index (χ0v) is 7.57. The first-order valence-corrected chi connectivity index (χ1v) is 3.85. The zero-order valence-electron chi connectivity index (χ0n) is 7.57. The van der Waals surface area contributed by atoms with E-state index in [1.165, 1.54) is 6.92 Å². The lowest BCUT2D eigenvalue weighted by molar-refractivity contribution is -0.502. The van der Waals surface area contributed by atoms with Gasteiger partial charge in [0, 0.05) is 11.8 Å². The van der Waals surface area contributed by atoms with Crippen LogP contribution < -0.4 is 0 Å². The van der Waals surface area contributed by atoms with E-state index in [1.807, 2.05) is 0 Å². The lowest BCUT2D eigenvalue weighted by Crippen LogP contribution is -2.12. The molecular weight excluding hydrogens is 174 g/mol. The van der Waals surface area contributed by atoms with E-state index in [0.717, 1.165) is 0 Å². The smallest absolute Gasteiger partial charge is 0.317 e. The minimum atomic E-state index is -0.936. The van der Waals surface area contributed by atoms with Crippen LogP contribution in [0.15, 0.2) is 0 Å². The van der Waals surface area contributed by atoms with Gasteiger partial charge in [0.2, 0.25) is 0 Å². The summed E-state index contributed by atoms with van der Waals surface area (Å²) in [5.41, 5.74) is 0. The number of ether oxygens (including phenoxy) is 1. The van der Waals surface area contributed by atoms with Gasteiger partial charge in [-0.3, -0.25) is 14.9 Å². The number of carbonyl (C=O) groups is 1. The fourth-order valence-electron chi connectivity index (χ4n) is 0.536. The Labute approximate surface area is 76.2 Å². The van der Waals surface area contributed by atoms with Crippen LogP contribution in [-0.2, 0) is 9.53 Å². The maximum atomic E-state index is 10.7. The van der Waals surface area contributed by atoms with Crippen molar-refractivity contribution in [2.45, 2.75) is 26.3 Å². The first kappa shape index (κ1) is 11.4. The highest BCUT2D eigenvalue weighted by atomic mass is 16.6. The predicted octanol–water partition coefficient (Wildman–Crippen LogP) is 0.608. The van der Waals surface area contributed by atoms with Crippen LogP contribution >= 0.6 is 0 Å². The Morgan fingerprint density at radius 3 is 2.77 bits per heavy atom. The highest BCUT2D eigenvalue weighted by Crippen LogP contribution is 1.87. The van der Waals surface area contributed by atoms with Crippen molar-refractivity contribution in [2.75, 3.05) is 6.61 Å². The highest BCUT2D eigenvalue weighted by molar-refractivity contribution is 5.72. The van der Waals surface area contributed by atoms with Gasteiger partial charge in [0.1, 0.15) is 6.42 Å². The lowest BCUT2D eigenvalue weighted by Gasteiger charge is -1.95. The molecule has 0 fully saturated rings. The Balaban J connectivity index is 3.85. The summed E-state index contributed by atoms with van der Waals surface area (Å²) in [6, 6.07) is -0.936. The van der Waals surface area contributed by atoms with Crippen molar-refractivity contribution < 1.29 is 14.5 Å². The molecule has 0 radical (unpaired) electrons. The largest absolute Gasteiger partial charge is 0.465 e. The van der Waals surface area contributed by atoms with E-state index in [-0.39, 0.29) is 6.42 Å². The van der Waals surface area contributed by atoms with Crippen molar-refractivity contribution in [1.29, 1.82) is 0 Å². The van der Waals surface area contributed by atoms with E-state index in [0.29, 0.717) is 6.61 Å². The highest BCUT2D eigenvalue weighted by Gasteiger charge is 2.06. The van der Waals surface area contributed by atoms with Crippen molar-refractivity contribution >= 4 is 5.97 Å². The third kappa shape index (κ3) is 5.67. The van der Waals surface area contributed by atoms with E-state index in [1.54, 1.807) is 6.92 Å². The number of esters is 1. The maximum Gasteiger partial charge on any atom is 0.317 e. The third-order valence-corrected chi connectivity index (χ3v) is 1.17. The molecule has 5 heteroatoms. The molecule has 0 aliphatic carbocycles. The van der Waals surface area contributed by atoms with E-state index in [2.05, 4.69) is 16.6 Å². The summed E-state index contributed by atoms with van der Waals surface area (Å²) in [5.74, 6) is 4.25. The number of hydrogen-bond donors (Lipinski definition) is 0.